The van der Waals surface area contributed by atoms with Crippen LogP contribution in [-0.4, -0.2) is 16.0 Å². The van der Waals surface area contributed by atoms with Crippen LogP contribution in [0.25, 0.3) is 0 Å². The number of hydrogen-bond acceptors (Lipinski definition) is 5. The summed E-state index contributed by atoms with van der Waals surface area (Å²) in [4.78, 5) is 8.98. The third-order valence-corrected chi connectivity index (χ3v) is 3.17. The molecule has 18 heavy (non-hydrogen) atoms. The molecule has 0 bridgehead atoms. The number of rotatable bonds is 6. The van der Waals surface area contributed by atoms with Gasteiger partial charge in [0.05, 0.1) is 0 Å². The van der Waals surface area contributed by atoms with Gasteiger partial charge in [-0.05, 0) is 26.2 Å². The molecule has 1 heterocycles. The number of anilines is 2. The quantitative estimate of drug-likeness (QED) is 0.535. The molecule has 0 amide bonds. The summed E-state index contributed by atoms with van der Waals surface area (Å²) in [5.74, 6) is 8.46. The van der Waals surface area contributed by atoms with Gasteiger partial charge < -0.3 is 10.7 Å². The average molecular weight is 251 g/mol. The molecule has 5 heteroatoms. The van der Waals surface area contributed by atoms with Gasteiger partial charge in [0.25, 0.3) is 0 Å². The summed E-state index contributed by atoms with van der Waals surface area (Å²) >= 11 is 0. The Bertz CT molecular complexity index is 389. The second-order valence-electron chi connectivity index (χ2n) is 5.03. The molecule has 1 unspecified atom stereocenters. The SMILES string of the molecule is CCCc1nc(NN)c(C)c(NC(C)C(C)C)n1. The Hall–Kier alpha value is -1.36. The van der Waals surface area contributed by atoms with Gasteiger partial charge in [-0.1, -0.05) is 20.8 Å². The zero-order valence-corrected chi connectivity index (χ0v) is 12.0. The average Bonchev–Trinajstić information content (AvgIpc) is 2.33. The molecule has 0 aliphatic heterocycles. The molecule has 0 saturated carbocycles. The Balaban J connectivity index is 3.04. The van der Waals surface area contributed by atoms with Gasteiger partial charge in [-0.2, -0.15) is 0 Å². The Morgan fingerprint density at radius 1 is 1.17 bits per heavy atom. The highest BCUT2D eigenvalue weighted by Crippen LogP contribution is 2.21. The fourth-order valence-electron chi connectivity index (χ4n) is 1.56. The molecule has 0 fully saturated rings. The second-order valence-corrected chi connectivity index (χ2v) is 5.03. The van der Waals surface area contributed by atoms with Crippen molar-refractivity contribution in [2.45, 2.75) is 53.5 Å². The third kappa shape index (κ3) is 3.57. The molecule has 0 spiro atoms. The molecule has 0 aliphatic rings. The number of nitrogens with one attached hydrogen (secondary N) is 2. The zero-order valence-electron chi connectivity index (χ0n) is 12.0. The summed E-state index contributed by atoms with van der Waals surface area (Å²) in [5, 5.41) is 3.44. The van der Waals surface area contributed by atoms with E-state index >= 15 is 0 Å². The van der Waals surface area contributed by atoms with Gasteiger partial charge in [-0.25, -0.2) is 15.8 Å². The fraction of sp³-hybridized carbons (Fsp3) is 0.692. The van der Waals surface area contributed by atoms with Crippen molar-refractivity contribution in [1.82, 2.24) is 9.97 Å². The molecule has 102 valence electrons. The van der Waals surface area contributed by atoms with Crippen LogP contribution in [0.1, 0.15) is 45.5 Å². The first-order valence-corrected chi connectivity index (χ1v) is 6.60. The van der Waals surface area contributed by atoms with Crippen LogP contribution in [0, 0.1) is 12.8 Å². The van der Waals surface area contributed by atoms with Crippen molar-refractivity contribution in [3.8, 4) is 0 Å². The molecular weight excluding hydrogens is 226 g/mol. The van der Waals surface area contributed by atoms with E-state index < -0.39 is 0 Å². The van der Waals surface area contributed by atoms with Crippen LogP contribution >= 0.6 is 0 Å². The highest BCUT2D eigenvalue weighted by atomic mass is 15.3. The number of nitrogens with two attached hydrogens (primary N) is 1. The normalized spacial score (nSPS) is 12.6. The van der Waals surface area contributed by atoms with Crippen LogP contribution in [-0.2, 0) is 6.42 Å². The zero-order chi connectivity index (χ0) is 13.7. The van der Waals surface area contributed by atoms with E-state index in [9.17, 15) is 0 Å². The Kier molecular flexibility index (Phi) is 5.34. The Morgan fingerprint density at radius 2 is 1.78 bits per heavy atom. The van der Waals surface area contributed by atoms with Gasteiger partial charge in [0.15, 0.2) is 0 Å². The second kappa shape index (κ2) is 6.54. The standard InChI is InChI=1S/C13H25N5/c1-6-7-11-16-12(15-10(5)8(2)3)9(4)13(17-11)18-14/h8,10H,6-7,14H2,1-5H3,(H2,15,16,17,18). The Morgan fingerprint density at radius 3 is 2.28 bits per heavy atom. The maximum absolute atomic E-state index is 5.51. The van der Waals surface area contributed by atoms with Crippen LogP contribution in [0.15, 0.2) is 0 Å². The molecule has 4 N–H and O–H groups in total. The molecular formula is C13H25N5. The van der Waals surface area contributed by atoms with E-state index in [1.54, 1.807) is 0 Å². The maximum atomic E-state index is 5.51. The number of hydrogen-bond donors (Lipinski definition) is 3. The molecule has 0 aliphatic carbocycles. The van der Waals surface area contributed by atoms with Crippen molar-refractivity contribution in [3.63, 3.8) is 0 Å². The van der Waals surface area contributed by atoms with E-state index in [4.69, 9.17) is 5.84 Å². The molecule has 0 saturated heterocycles. The first kappa shape index (κ1) is 14.7. The smallest absolute Gasteiger partial charge is 0.148 e. The molecule has 1 rings (SSSR count). The maximum Gasteiger partial charge on any atom is 0.148 e. The van der Waals surface area contributed by atoms with Crippen molar-refractivity contribution in [2.24, 2.45) is 11.8 Å². The molecule has 0 radical (unpaired) electrons. The largest absolute Gasteiger partial charge is 0.367 e. The van der Waals surface area contributed by atoms with Gasteiger partial charge in [0.2, 0.25) is 0 Å². The predicted molar refractivity (Wildman–Crippen MR) is 76.5 cm³/mol. The summed E-state index contributed by atoms with van der Waals surface area (Å²) in [6.07, 6.45) is 1.88. The van der Waals surface area contributed by atoms with Gasteiger partial charge in [-0.3, -0.25) is 0 Å². The lowest BCUT2D eigenvalue weighted by atomic mass is 10.1. The summed E-state index contributed by atoms with van der Waals surface area (Å²) in [6, 6.07) is 0.360. The number of hydrazine groups is 1. The molecule has 1 aromatic rings. The topological polar surface area (TPSA) is 75.9 Å². The van der Waals surface area contributed by atoms with Gasteiger partial charge >= 0.3 is 0 Å². The highest BCUT2D eigenvalue weighted by molar-refractivity contribution is 5.57. The monoisotopic (exact) mass is 251 g/mol. The van der Waals surface area contributed by atoms with Crippen LogP contribution < -0.4 is 16.6 Å². The summed E-state index contributed by atoms with van der Waals surface area (Å²) in [5.41, 5.74) is 3.61. The van der Waals surface area contributed by atoms with Crippen molar-refractivity contribution < 1.29 is 0 Å². The molecule has 1 atom stereocenters. The highest BCUT2D eigenvalue weighted by Gasteiger charge is 2.13. The van der Waals surface area contributed by atoms with Crippen molar-refractivity contribution >= 4 is 11.6 Å². The van der Waals surface area contributed by atoms with Gasteiger partial charge in [0, 0.05) is 18.0 Å². The molecule has 1 aromatic heterocycles. The van der Waals surface area contributed by atoms with Gasteiger partial charge in [-0.15, -0.1) is 0 Å². The van der Waals surface area contributed by atoms with Crippen LogP contribution in [0.2, 0.25) is 0 Å². The van der Waals surface area contributed by atoms with E-state index in [-0.39, 0.29) is 0 Å². The van der Waals surface area contributed by atoms with Crippen LogP contribution in [0.5, 0.6) is 0 Å². The molecule has 5 nitrogen and oxygen atoms in total. The number of nitrogens with zero attached hydrogens (tertiary/aromatic N) is 2. The number of nitrogen functional groups attached to an aromatic ring is 1. The summed E-state index contributed by atoms with van der Waals surface area (Å²) in [7, 11) is 0. The minimum atomic E-state index is 0.360. The predicted octanol–water partition coefficient (Wildman–Crippen LogP) is 2.48. The molecule has 0 aromatic carbocycles. The number of aromatic nitrogens is 2. The van der Waals surface area contributed by atoms with Gasteiger partial charge in [0.1, 0.15) is 17.5 Å². The van der Waals surface area contributed by atoms with E-state index in [0.29, 0.717) is 17.8 Å². The lowest BCUT2D eigenvalue weighted by Gasteiger charge is -2.20. The van der Waals surface area contributed by atoms with Crippen molar-refractivity contribution in [1.29, 1.82) is 0 Å². The van der Waals surface area contributed by atoms with E-state index in [2.05, 4.69) is 48.4 Å². The summed E-state index contributed by atoms with van der Waals surface area (Å²) < 4.78 is 0. The lowest BCUT2D eigenvalue weighted by Crippen LogP contribution is -2.24. The first-order valence-electron chi connectivity index (χ1n) is 6.60. The van der Waals surface area contributed by atoms with Crippen molar-refractivity contribution in [3.05, 3.63) is 11.4 Å². The first-order chi connectivity index (χ1) is 8.49. The minimum absolute atomic E-state index is 0.360. The van der Waals surface area contributed by atoms with E-state index in [0.717, 1.165) is 30.0 Å². The summed E-state index contributed by atoms with van der Waals surface area (Å²) in [6.45, 7) is 10.6. The van der Waals surface area contributed by atoms with Crippen LogP contribution in [0.4, 0.5) is 11.6 Å². The van der Waals surface area contributed by atoms with E-state index in [1.807, 2.05) is 6.92 Å². The third-order valence-electron chi connectivity index (χ3n) is 3.17. The minimum Gasteiger partial charge on any atom is -0.367 e. The van der Waals surface area contributed by atoms with Crippen molar-refractivity contribution in [2.75, 3.05) is 10.7 Å². The Labute approximate surface area is 110 Å². The number of aryl methyl sites for hydroxylation is 1. The lowest BCUT2D eigenvalue weighted by molar-refractivity contribution is 0.557. The van der Waals surface area contributed by atoms with Crippen LogP contribution in [0.3, 0.4) is 0 Å². The van der Waals surface area contributed by atoms with E-state index in [1.165, 1.54) is 0 Å². The fourth-order valence-corrected chi connectivity index (χ4v) is 1.56.